The lowest BCUT2D eigenvalue weighted by Crippen LogP contribution is -2.13. The summed E-state index contributed by atoms with van der Waals surface area (Å²) < 4.78 is 0. The maximum absolute atomic E-state index is 10.5. The minimum absolute atomic E-state index is 0.338. The molecule has 2 atom stereocenters. The van der Waals surface area contributed by atoms with Crippen molar-refractivity contribution in [1.82, 2.24) is 0 Å². The highest BCUT2D eigenvalue weighted by Crippen LogP contribution is 2.38. The van der Waals surface area contributed by atoms with E-state index in [4.69, 9.17) is 5.11 Å². The largest absolute Gasteiger partial charge is 0.481 e. The summed E-state index contributed by atoms with van der Waals surface area (Å²) in [4.78, 5) is 10.5. The van der Waals surface area contributed by atoms with Crippen molar-refractivity contribution in [3.05, 3.63) is 0 Å². The number of unbranched alkanes of at least 4 members (excludes halogenated alkanes) is 6. The zero-order valence-corrected chi connectivity index (χ0v) is 15.9. The molecule has 1 rings (SSSR count). The summed E-state index contributed by atoms with van der Waals surface area (Å²) in [5.74, 6) is 1.92. The number of rotatable bonds is 14. The van der Waals surface area contributed by atoms with E-state index >= 15 is 0 Å². The highest BCUT2D eigenvalue weighted by atomic mass is 32.2. The van der Waals surface area contributed by atoms with E-state index in [1.54, 1.807) is 0 Å². The normalized spacial score (nSPS) is 21.3. The third kappa shape index (κ3) is 10.0. The second kappa shape index (κ2) is 13.6. The molecule has 0 bridgehead atoms. The van der Waals surface area contributed by atoms with Gasteiger partial charge >= 0.3 is 5.97 Å². The van der Waals surface area contributed by atoms with Crippen LogP contribution in [0.1, 0.15) is 84.0 Å². The first-order chi connectivity index (χ1) is 10.7. The molecule has 2 nitrogen and oxygen atoms in total. The van der Waals surface area contributed by atoms with Crippen molar-refractivity contribution in [2.24, 2.45) is 0 Å². The molecule has 0 aromatic rings. The number of hydrogen-bond donors (Lipinski definition) is 1. The predicted molar refractivity (Wildman–Crippen MR) is 101 cm³/mol. The Bertz CT molecular complexity index is 284. The maximum Gasteiger partial charge on any atom is 0.303 e. The second-order valence-corrected chi connectivity index (χ2v) is 9.06. The number of carbonyl (C=O) groups is 1. The molecule has 0 radical (unpaired) electrons. The predicted octanol–water partition coefficient (Wildman–Crippen LogP) is 5.99. The van der Waals surface area contributed by atoms with Gasteiger partial charge < -0.3 is 5.11 Å². The summed E-state index contributed by atoms with van der Waals surface area (Å²) in [6.45, 7) is 2.27. The monoisotopic (exact) mass is 346 g/mol. The Morgan fingerprint density at radius 1 is 0.909 bits per heavy atom. The molecule has 1 aliphatic carbocycles. The summed E-state index contributed by atoms with van der Waals surface area (Å²) in [5.41, 5.74) is 0. The zero-order valence-electron chi connectivity index (χ0n) is 14.2. The number of thioether (sulfide) groups is 2. The van der Waals surface area contributed by atoms with Crippen LogP contribution in [0.25, 0.3) is 0 Å². The molecule has 0 aliphatic heterocycles. The molecule has 0 amide bonds. The lowest BCUT2D eigenvalue weighted by atomic mass is 10.2. The first-order valence-electron chi connectivity index (χ1n) is 9.19. The molecule has 0 unspecified atom stereocenters. The fraction of sp³-hybridized carbons (Fsp3) is 0.944. The molecule has 0 aromatic heterocycles. The van der Waals surface area contributed by atoms with Gasteiger partial charge in [0, 0.05) is 16.9 Å². The van der Waals surface area contributed by atoms with Gasteiger partial charge in [0.2, 0.25) is 0 Å². The van der Waals surface area contributed by atoms with Crippen molar-refractivity contribution >= 4 is 29.5 Å². The Balaban J connectivity index is 1.99. The highest BCUT2D eigenvalue weighted by Gasteiger charge is 2.27. The molecule has 4 heteroatoms. The van der Waals surface area contributed by atoms with Crippen LogP contribution in [0.15, 0.2) is 0 Å². The van der Waals surface area contributed by atoms with Crippen LogP contribution in [-0.2, 0) is 4.79 Å². The first-order valence-corrected chi connectivity index (χ1v) is 11.3. The van der Waals surface area contributed by atoms with Crippen molar-refractivity contribution < 1.29 is 9.90 Å². The average molecular weight is 347 g/mol. The lowest BCUT2D eigenvalue weighted by molar-refractivity contribution is -0.137. The molecule has 1 aliphatic rings. The van der Waals surface area contributed by atoms with Gasteiger partial charge in [-0.05, 0) is 43.6 Å². The topological polar surface area (TPSA) is 37.3 Å². The SMILES string of the molecule is CCCCCCCS[C@H]1CCC[C@@H]1SCCCCCC(=O)O. The number of aliphatic carboxylic acids is 1. The van der Waals surface area contributed by atoms with Crippen LogP contribution in [0.3, 0.4) is 0 Å². The fourth-order valence-corrected chi connectivity index (χ4v) is 6.19. The van der Waals surface area contributed by atoms with E-state index in [2.05, 4.69) is 30.4 Å². The summed E-state index contributed by atoms with van der Waals surface area (Å²) in [6, 6.07) is 0. The molecule has 1 fully saturated rings. The number of carboxylic acids is 1. The van der Waals surface area contributed by atoms with Crippen molar-refractivity contribution in [1.29, 1.82) is 0 Å². The molecular weight excluding hydrogens is 312 g/mol. The van der Waals surface area contributed by atoms with Gasteiger partial charge in [-0.1, -0.05) is 45.4 Å². The molecular formula is C18H34O2S2. The van der Waals surface area contributed by atoms with E-state index in [9.17, 15) is 4.79 Å². The molecule has 0 saturated heterocycles. The second-order valence-electron chi connectivity index (χ2n) is 6.37. The van der Waals surface area contributed by atoms with Crippen molar-refractivity contribution in [3.63, 3.8) is 0 Å². The average Bonchev–Trinajstić information content (AvgIpc) is 2.93. The van der Waals surface area contributed by atoms with Crippen molar-refractivity contribution in [3.8, 4) is 0 Å². The summed E-state index contributed by atoms with van der Waals surface area (Å²) in [7, 11) is 0. The maximum atomic E-state index is 10.5. The Morgan fingerprint density at radius 3 is 2.00 bits per heavy atom. The van der Waals surface area contributed by atoms with E-state index in [-0.39, 0.29) is 0 Å². The fourth-order valence-electron chi connectivity index (χ4n) is 3.00. The van der Waals surface area contributed by atoms with E-state index in [0.717, 1.165) is 23.3 Å². The number of hydrogen-bond acceptors (Lipinski definition) is 3. The summed E-state index contributed by atoms with van der Waals surface area (Å²) in [5, 5.41) is 10.4. The molecule has 0 heterocycles. The minimum atomic E-state index is -0.654. The van der Waals surface area contributed by atoms with Crippen LogP contribution in [0.5, 0.6) is 0 Å². The van der Waals surface area contributed by atoms with Crippen LogP contribution >= 0.6 is 23.5 Å². The van der Waals surface area contributed by atoms with E-state index in [1.165, 1.54) is 69.3 Å². The van der Waals surface area contributed by atoms with Crippen LogP contribution in [0.4, 0.5) is 0 Å². The van der Waals surface area contributed by atoms with Gasteiger partial charge in [-0.15, -0.1) is 0 Å². The van der Waals surface area contributed by atoms with Crippen LogP contribution < -0.4 is 0 Å². The van der Waals surface area contributed by atoms with Gasteiger partial charge in [-0.2, -0.15) is 23.5 Å². The number of carboxylic acid groups (broad SMARTS) is 1. The Labute approximate surface area is 145 Å². The quantitative estimate of drug-likeness (QED) is 0.392. The van der Waals surface area contributed by atoms with Gasteiger partial charge in [-0.3, -0.25) is 4.79 Å². The van der Waals surface area contributed by atoms with Crippen molar-refractivity contribution in [2.75, 3.05) is 11.5 Å². The third-order valence-electron chi connectivity index (χ3n) is 4.34. The zero-order chi connectivity index (χ0) is 16.0. The van der Waals surface area contributed by atoms with Crippen LogP contribution in [-0.4, -0.2) is 33.1 Å². The molecule has 130 valence electrons. The lowest BCUT2D eigenvalue weighted by Gasteiger charge is -2.18. The van der Waals surface area contributed by atoms with Crippen LogP contribution in [0.2, 0.25) is 0 Å². The minimum Gasteiger partial charge on any atom is -0.481 e. The Hall–Kier alpha value is 0.170. The van der Waals surface area contributed by atoms with E-state index in [1.807, 2.05) is 0 Å². The van der Waals surface area contributed by atoms with Gasteiger partial charge in [0.05, 0.1) is 0 Å². The van der Waals surface area contributed by atoms with Gasteiger partial charge in [0.25, 0.3) is 0 Å². The smallest absolute Gasteiger partial charge is 0.303 e. The van der Waals surface area contributed by atoms with E-state index in [0.29, 0.717) is 6.42 Å². The van der Waals surface area contributed by atoms with Gasteiger partial charge in [0.1, 0.15) is 0 Å². The molecule has 1 saturated carbocycles. The Kier molecular flexibility index (Phi) is 12.5. The standard InChI is InChI=1S/C18H34O2S2/c1-2-3-4-5-8-14-21-16-11-10-12-17(16)22-15-9-6-7-13-18(19)20/h16-17H,2-15H2,1H3,(H,19,20)/t16-,17-/m0/s1. The van der Waals surface area contributed by atoms with Gasteiger partial charge in [-0.25, -0.2) is 0 Å². The molecule has 1 N–H and O–H groups in total. The molecule has 0 spiro atoms. The molecule has 0 aromatic carbocycles. The Morgan fingerprint density at radius 2 is 1.45 bits per heavy atom. The first kappa shape index (κ1) is 20.2. The van der Waals surface area contributed by atoms with Crippen molar-refractivity contribution in [2.45, 2.75) is 94.5 Å². The summed E-state index contributed by atoms with van der Waals surface area (Å²) in [6.07, 6.45) is 14.6. The third-order valence-corrected chi connectivity index (χ3v) is 7.54. The van der Waals surface area contributed by atoms with Gasteiger partial charge in [0.15, 0.2) is 0 Å². The van der Waals surface area contributed by atoms with Crippen LogP contribution in [0, 0.1) is 0 Å². The highest BCUT2D eigenvalue weighted by molar-refractivity contribution is 8.03. The summed E-state index contributed by atoms with van der Waals surface area (Å²) >= 11 is 4.38. The van der Waals surface area contributed by atoms with E-state index < -0.39 is 5.97 Å². The molecule has 22 heavy (non-hydrogen) atoms.